The molecule has 0 fully saturated rings. The fraction of sp³-hybridized carbons (Fsp3) is 0.143. The van der Waals surface area contributed by atoms with Crippen molar-refractivity contribution in [3.05, 3.63) is 52.8 Å². The molecule has 23 heavy (non-hydrogen) atoms. The van der Waals surface area contributed by atoms with Crippen LogP contribution in [0.5, 0.6) is 11.5 Å². The quantitative estimate of drug-likeness (QED) is 0.840. The molecule has 2 aromatic rings. The van der Waals surface area contributed by atoms with Gasteiger partial charge in [0.1, 0.15) is 5.15 Å². The molecule has 1 amide bonds. The average molecular weight is 355 g/mol. The third-order valence-electron chi connectivity index (χ3n) is 3.03. The molecule has 2 heterocycles. The van der Waals surface area contributed by atoms with Gasteiger partial charge in [0.15, 0.2) is 11.5 Å². The Morgan fingerprint density at radius 1 is 1.22 bits per heavy atom. The van der Waals surface area contributed by atoms with Crippen LogP contribution in [0.1, 0.15) is 15.9 Å². The molecule has 9 heteroatoms. The molecule has 1 aromatic carbocycles. The number of fused-ring (bicyclic) bond motifs is 1. The molecule has 1 aliphatic rings. The highest BCUT2D eigenvalue weighted by Gasteiger charge is 2.20. The van der Waals surface area contributed by atoms with Crippen LogP contribution in [0.4, 0.5) is 0 Å². The molecule has 3 rings (SSSR count). The Balaban J connectivity index is 1.72. The van der Waals surface area contributed by atoms with Crippen LogP contribution in [0.3, 0.4) is 0 Å². The van der Waals surface area contributed by atoms with Gasteiger partial charge in [0.25, 0.3) is 5.91 Å². The van der Waals surface area contributed by atoms with E-state index >= 15 is 0 Å². The van der Waals surface area contributed by atoms with E-state index in [4.69, 9.17) is 21.1 Å². The first-order valence-electron chi connectivity index (χ1n) is 6.48. The number of aromatic nitrogens is 1. The lowest BCUT2D eigenvalue weighted by atomic mass is 10.2. The lowest BCUT2D eigenvalue weighted by Crippen LogP contribution is -2.31. The number of amides is 1. The van der Waals surface area contributed by atoms with E-state index in [0.29, 0.717) is 17.1 Å². The zero-order valence-corrected chi connectivity index (χ0v) is 13.2. The number of carbonyl (C=O) groups excluding carboxylic acids is 1. The van der Waals surface area contributed by atoms with Gasteiger partial charge < -0.3 is 9.47 Å². The summed E-state index contributed by atoms with van der Waals surface area (Å²) in [6.45, 7) is 0.0717. The van der Waals surface area contributed by atoms with Crippen molar-refractivity contribution in [2.24, 2.45) is 0 Å². The lowest BCUT2D eigenvalue weighted by molar-refractivity contribution is 0.0981. The van der Waals surface area contributed by atoms with Crippen molar-refractivity contribution in [1.82, 2.24) is 9.71 Å². The fourth-order valence-corrected chi connectivity index (χ4v) is 3.18. The minimum atomic E-state index is -3.86. The SMILES string of the molecule is O=C(NS(=O)(=O)Cc1ccc(Cl)nc1)c1ccc2c(c1)OCO2. The Bertz CT molecular complexity index is 852. The molecule has 1 aromatic heterocycles. The highest BCUT2D eigenvalue weighted by molar-refractivity contribution is 7.89. The average Bonchev–Trinajstić information content (AvgIpc) is 2.96. The number of nitrogens with one attached hydrogen (secondary N) is 1. The van der Waals surface area contributed by atoms with Gasteiger partial charge in [0, 0.05) is 11.8 Å². The predicted octanol–water partition coefficient (Wildman–Crippen LogP) is 1.72. The highest BCUT2D eigenvalue weighted by atomic mass is 35.5. The predicted molar refractivity (Wildman–Crippen MR) is 81.9 cm³/mol. The monoisotopic (exact) mass is 354 g/mol. The Morgan fingerprint density at radius 3 is 2.74 bits per heavy atom. The molecule has 1 N–H and O–H groups in total. The molecule has 120 valence electrons. The maximum absolute atomic E-state index is 12.1. The van der Waals surface area contributed by atoms with E-state index in [0.717, 1.165) is 0 Å². The van der Waals surface area contributed by atoms with Gasteiger partial charge in [0.2, 0.25) is 16.8 Å². The van der Waals surface area contributed by atoms with Crippen LogP contribution >= 0.6 is 11.6 Å². The maximum Gasteiger partial charge on any atom is 0.264 e. The number of sulfonamides is 1. The summed E-state index contributed by atoms with van der Waals surface area (Å²) in [6.07, 6.45) is 1.34. The number of pyridine rings is 1. The number of rotatable bonds is 4. The third kappa shape index (κ3) is 3.72. The van der Waals surface area contributed by atoms with Crippen molar-refractivity contribution >= 4 is 27.5 Å². The second-order valence-corrected chi connectivity index (χ2v) is 6.86. The smallest absolute Gasteiger partial charge is 0.264 e. The number of hydrogen-bond acceptors (Lipinski definition) is 6. The molecule has 0 aliphatic carbocycles. The summed E-state index contributed by atoms with van der Waals surface area (Å²) in [4.78, 5) is 15.9. The summed E-state index contributed by atoms with van der Waals surface area (Å²) in [7, 11) is -3.86. The third-order valence-corrected chi connectivity index (χ3v) is 4.46. The maximum atomic E-state index is 12.1. The van der Waals surface area contributed by atoms with Crippen molar-refractivity contribution in [3.8, 4) is 11.5 Å². The van der Waals surface area contributed by atoms with Gasteiger partial charge in [-0.15, -0.1) is 0 Å². The Kier molecular flexibility index (Phi) is 4.10. The molecule has 0 saturated carbocycles. The van der Waals surface area contributed by atoms with Crippen molar-refractivity contribution in [2.75, 3.05) is 6.79 Å². The van der Waals surface area contributed by atoms with Gasteiger partial charge in [-0.3, -0.25) is 4.79 Å². The molecular weight excluding hydrogens is 344 g/mol. The standard InChI is InChI=1S/C14H11ClN2O5S/c15-13-4-1-9(6-16-13)7-23(19,20)17-14(18)10-2-3-11-12(5-10)22-8-21-11/h1-6H,7-8H2,(H,17,18). The molecule has 7 nitrogen and oxygen atoms in total. The van der Waals surface area contributed by atoms with Crippen LogP contribution in [0, 0.1) is 0 Å². The molecule has 0 bridgehead atoms. The van der Waals surface area contributed by atoms with Crippen LogP contribution in [0.2, 0.25) is 5.15 Å². The normalized spacial score (nSPS) is 12.9. The first-order valence-corrected chi connectivity index (χ1v) is 8.51. The summed E-state index contributed by atoms with van der Waals surface area (Å²) in [5.41, 5.74) is 0.576. The molecular formula is C14H11ClN2O5S. The summed E-state index contributed by atoms with van der Waals surface area (Å²) in [5, 5.41) is 0.260. The van der Waals surface area contributed by atoms with Gasteiger partial charge in [-0.05, 0) is 29.8 Å². The summed E-state index contributed by atoms with van der Waals surface area (Å²) < 4.78 is 36.4. The second-order valence-electron chi connectivity index (χ2n) is 4.75. The topological polar surface area (TPSA) is 94.6 Å². The molecule has 0 spiro atoms. The van der Waals surface area contributed by atoms with Crippen LogP contribution in [0.15, 0.2) is 36.5 Å². The summed E-state index contributed by atoms with van der Waals surface area (Å²) in [6, 6.07) is 7.44. The van der Waals surface area contributed by atoms with Crippen LogP contribution in [-0.2, 0) is 15.8 Å². The molecule has 0 atom stereocenters. The van der Waals surface area contributed by atoms with E-state index in [1.165, 1.54) is 30.5 Å². The van der Waals surface area contributed by atoms with Gasteiger partial charge in [-0.1, -0.05) is 17.7 Å². The molecule has 1 aliphatic heterocycles. The van der Waals surface area contributed by atoms with E-state index in [2.05, 4.69) is 4.98 Å². The fourth-order valence-electron chi connectivity index (χ4n) is 1.99. The van der Waals surface area contributed by atoms with Gasteiger partial charge in [-0.25, -0.2) is 18.1 Å². The lowest BCUT2D eigenvalue weighted by Gasteiger charge is -2.07. The minimum absolute atomic E-state index is 0.0717. The van der Waals surface area contributed by atoms with E-state index in [1.54, 1.807) is 6.07 Å². The summed E-state index contributed by atoms with van der Waals surface area (Å²) in [5.74, 6) is -0.216. The molecule has 0 unspecified atom stereocenters. The van der Waals surface area contributed by atoms with Crippen molar-refractivity contribution in [3.63, 3.8) is 0 Å². The van der Waals surface area contributed by atoms with Crippen LogP contribution in [-0.4, -0.2) is 26.1 Å². The Morgan fingerprint density at radius 2 is 2.00 bits per heavy atom. The number of halogens is 1. The number of hydrogen-bond donors (Lipinski definition) is 1. The van der Waals surface area contributed by atoms with Crippen LogP contribution in [0.25, 0.3) is 0 Å². The van der Waals surface area contributed by atoms with Gasteiger partial charge in [0.05, 0.1) is 5.75 Å². The van der Waals surface area contributed by atoms with Gasteiger partial charge in [-0.2, -0.15) is 0 Å². The van der Waals surface area contributed by atoms with E-state index in [9.17, 15) is 13.2 Å². The number of ether oxygens (including phenoxy) is 2. The highest BCUT2D eigenvalue weighted by Crippen LogP contribution is 2.32. The largest absolute Gasteiger partial charge is 0.454 e. The van der Waals surface area contributed by atoms with Crippen molar-refractivity contribution in [1.29, 1.82) is 0 Å². The van der Waals surface area contributed by atoms with Crippen LogP contribution < -0.4 is 14.2 Å². The molecule has 0 saturated heterocycles. The summed E-state index contributed by atoms with van der Waals surface area (Å²) >= 11 is 5.64. The Labute approximate surface area is 137 Å². The number of nitrogens with zero attached hydrogens (tertiary/aromatic N) is 1. The van der Waals surface area contributed by atoms with Crippen molar-refractivity contribution in [2.45, 2.75) is 5.75 Å². The van der Waals surface area contributed by atoms with E-state index in [-0.39, 0.29) is 23.3 Å². The second kappa shape index (κ2) is 6.05. The molecule has 0 radical (unpaired) electrons. The first-order chi connectivity index (χ1) is 10.9. The minimum Gasteiger partial charge on any atom is -0.454 e. The first kappa shape index (κ1) is 15.6. The zero-order chi connectivity index (χ0) is 16.4. The number of benzene rings is 1. The van der Waals surface area contributed by atoms with Crippen molar-refractivity contribution < 1.29 is 22.7 Å². The van der Waals surface area contributed by atoms with Gasteiger partial charge >= 0.3 is 0 Å². The Hall–Kier alpha value is -2.32. The van der Waals surface area contributed by atoms with E-state index in [1.807, 2.05) is 4.72 Å². The zero-order valence-electron chi connectivity index (χ0n) is 11.7. The number of carbonyl (C=O) groups is 1. The van der Waals surface area contributed by atoms with E-state index < -0.39 is 15.9 Å².